The lowest BCUT2D eigenvalue weighted by molar-refractivity contribution is -0.414. The van der Waals surface area contributed by atoms with Crippen molar-refractivity contribution in [1.29, 1.82) is 0 Å². The second-order valence-corrected chi connectivity index (χ2v) is 1.96. The molecule has 0 aromatic carbocycles. The maximum atomic E-state index is 5.12. The van der Waals surface area contributed by atoms with Crippen LogP contribution in [0.5, 0.6) is 0 Å². The van der Waals surface area contributed by atoms with E-state index in [0.29, 0.717) is 13.2 Å². The molecule has 4 nitrogen and oxygen atoms in total. The van der Waals surface area contributed by atoms with E-state index in [1.54, 1.807) is 7.11 Å². The molecular formula is C7H17NO3. The van der Waals surface area contributed by atoms with Gasteiger partial charge in [-0.1, -0.05) is 0 Å². The summed E-state index contributed by atoms with van der Waals surface area (Å²) >= 11 is 0. The third-order valence-corrected chi connectivity index (χ3v) is 1.15. The third kappa shape index (κ3) is 4.31. The molecule has 0 spiro atoms. The molecule has 0 aliphatic rings. The molecule has 0 amide bonds. The average Bonchev–Trinajstić information content (AvgIpc) is 2.03. The van der Waals surface area contributed by atoms with Gasteiger partial charge in [-0.15, -0.1) is 0 Å². The average molecular weight is 163 g/mol. The summed E-state index contributed by atoms with van der Waals surface area (Å²) in [4.78, 5) is 10.2. The van der Waals surface area contributed by atoms with Gasteiger partial charge in [0.15, 0.2) is 6.23 Å². The van der Waals surface area contributed by atoms with Crippen molar-refractivity contribution in [2.24, 2.45) is 0 Å². The molecule has 0 radical (unpaired) electrons. The van der Waals surface area contributed by atoms with Crippen LogP contribution in [0.15, 0.2) is 0 Å². The van der Waals surface area contributed by atoms with Gasteiger partial charge in [0.1, 0.15) is 0 Å². The van der Waals surface area contributed by atoms with Crippen LogP contribution in [0, 0.1) is 0 Å². The molecule has 1 atom stereocenters. The Kier molecular flexibility index (Phi) is 6.45. The van der Waals surface area contributed by atoms with Crippen LogP contribution in [-0.4, -0.2) is 31.8 Å². The molecule has 0 saturated heterocycles. The van der Waals surface area contributed by atoms with Gasteiger partial charge in [0.25, 0.3) is 0 Å². The molecule has 0 aliphatic carbocycles. The van der Waals surface area contributed by atoms with Crippen LogP contribution >= 0.6 is 0 Å². The van der Waals surface area contributed by atoms with E-state index in [1.165, 1.54) is 5.23 Å². The highest BCUT2D eigenvalue weighted by atomic mass is 17.0. The van der Waals surface area contributed by atoms with Crippen LogP contribution in [0.25, 0.3) is 0 Å². The van der Waals surface area contributed by atoms with Crippen LogP contribution in [0.4, 0.5) is 0 Å². The quantitative estimate of drug-likeness (QED) is 0.434. The van der Waals surface area contributed by atoms with Crippen molar-refractivity contribution in [1.82, 2.24) is 5.23 Å². The van der Waals surface area contributed by atoms with Crippen LogP contribution in [0.1, 0.15) is 20.8 Å². The summed E-state index contributed by atoms with van der Waals surface area (Å²) in [6, 6.07) is 0. The first-order valence-electron chi connectivity index (χ1n) is 3.84. The number of methoxy groups -OCH3 is 1. The zero-order chi connectivity index (χ0) is 8.69. The number of rotatable bonds is 6. The summed E-state index contributed by atoms with van der Waals surface area (Å²) < 4.78 is 4.99. The number of hydrogen-bond acceptors (Lipinski definition) is 4. The van der Waals surface area contributed by atoms with E-state index in [9.17, 15) is 0 Å². The van der Waals surface area contributed by atoms with E-state index in [4.69, 9.17) is 14.4 Å². The first kappa shape index (κ1) is 10.8. The predicted octanol–water partition coefficient (Wildman–Crippen LogP) is 1.18. The predicted molar refractivity (Wildman–Crippen MR) is 41.6 cm³/mol. The summed E-state index contributed by atoms with van der Waals surface area (Å²) in [6.07, 6.45) is -0.171. The number of ether oxygens (including phenoxy) is 1. The van der Waals surface area contributed by atoms with E-state index < -0.39 is 0 Å². The van der Waals surface area contributed by atoms with Crippen LogP contribution in [-0.2, 0) is 14.4 Å². The lowest BCUT2D eigenvalue weighted by Crippen LogP contribution is -2.34. The summed E-state index contributed by atoms with van der Waals surface area (Å²) in [7, 11) is 1.61. The fourth-order valence-electron chi connectivity index (χ4n) is 0.588. The van der Waals surface area contributed by atoms with Crippen molar-refractivity contribution in [2.75, 3.05) is 20.3 Å². The van der Waals surface area contributed by atoms with Gasteiger partial charge in [-0.25, -0.2) is 0 Å². The van der Waals surface area contributed by atoms with Crippen molar-refractivity contribution < 1.29 is 14.4 Å². The molecule has 0 rings (SSSR count). The molecule has 0 fully saturated rings. The Labute approximate surface area is 67.9 Å². The first-order valence-corrected chi connectivity index (χ1v) is 3.84. The number of nitrogens with zero attached hydrogens (tertiary/aromatic N) is 1. The van der Waals surface area contributed by atoms with Crippen LogP contribution in [0.3, 0.4) is 0 Å². The molecule has 0 aromatic rings. The van der Waals surface area contributed by atoms with Crippen molar-refractivity contribution in [3.8, 4) is 0 Å². The SMILES string of the molecule is CCON(OCC)C(C)OC. The summed E-state index contributed by atoms with van der Waals surface area (Å²) in [6.45, 7) is 6.80. The summed E-state index contributed by atoms with van der Waals surface area (Å²) in [5.41, 5.74) is 0. The third-order valence-electron chi connectivity index (χ3n) is 1.15. The Bertz CT molecular complexity index is 83.8. The molecule has 0 saturated carbocycles. The molecule has 4 heteroatoms. The van der Waals surface area contributed by atoms with Gasteiger partial charge in [-0.3, -0.25) is 9.68 Å². The van der Waals surface area contributed by atoms with Gasteiger partial charge >= 0.3 is 0 Å². The second-order valence-electron chi connectivity index (χ2n) is 1.96. The van der Waals surface area contributed by atoms with Crippen LogP contribution < -0.4 is 0 Å². The lowest BCUT2D eigenvalue weighted by atomic mass is 10.7. The topological polar surface area (TPSA) is 30.9 Å². The largest absolute Gasteiger partial charge is 0.362 e. The lowest BCUT2D eigenvalue weighted by Gasteiger charge is -2.24. The standard InChI is InChI=1S/C7H17NO3/c1-5-10-8(11-6-2)7(3)9-4/h7H,5-6H2,1-4H3. The van der Waals surface area contributed by atoms with E-state index in [-0.39, 0.29) is 6.23 Å². The normalized spacial score (nSPS) is 13.9. The van der Waals surface area contributed by atoms with Crippen LogP contribution in [0.2, 0.25) is 0 Å². The molecular weight excluding hydrogens is 146 g/mol. The molecule has 0 aromatic heterocycles. The minimum Gasteiger partial charge on any atom is -0.362 e. The molecule has 11 heavy (non-hydrogen) atoms. The number of hydrogen-bond donors (Lipinski definition) is 0. The fraction of sp³-hybridized carbons (Fsp3) is 1.00. The van der Waals surface area contributed by atoms with E-state index in [0.717, 1.165) is 0 Å². The smallest absolute Gasteiger partial charge is 0.157 e. The second kappa shape index (κ2) is 6.54. The minimum atomic E-state index is -0.171. The maximum Gasteiger partial charge on any atom is 0.157 e. The molecule has 0 aliphatic heterocycles. The summed E-state index contributed by atoms with van der Waals surface area (Å²) in [5.74, 6) is 0. The highest BCUT2D eigenvalue weighted by Gasteiger charge is 2.12. The van der Waals surface area contributed by atoms with E-state index >= 15 is 0 Å². The van der Waals surface area contributed by atoms with Gasteiger partial charge in [0.2, 0.25) is 0 Å². The Hall–Kier alpha value is -0.160. The molecule has 0 bridgehead atoms. The molecule has 0 N–H and O–H groups in total. The Morgan fingerprint density at radius 2 is 1.64 bits per heavy atom. The Balaban J connectivity index is 3.66. The number of hydroxylamine groups is 2. The Morgan fingerprint density at radius 1 is 1.18 bits per heavy atom. The maximum absolute atomic E-state index is 5.12. The first-order chi connectivity index (χ1) is 5.26. The van der Waals surface area contributed by atoms with Gasteiger partial charge in [0.05, 0.1) is 13.2 Å². The van der Waals surface area contributed by atoms with E-state index in [1.807, 2.05) is 20.8 Å². The van der Waals surface area contributed by atoms with Gasteiger partial charge in [-0.05, 0) is 26.0 Å². The van der Waals surface area contributed by atoms with Gasteiger partial charge in [0, 0.05) is 7.11 Å². The minimum absolute atomic E-state index is 0.171. The zero-order valence-electron chi connectivity index (χ0n) is 7.66. The fourth-order valence-corrected chi connectivity index (χ4v) is 0.588. The Morgan fingerprint density at radius 3 is 1.91 bits per heavy atom. The van der Waals surface area contributed by atoms with Crippen molar-refractivity contribution in [2.45, 2.75) is 27.0 Å². The molecule has 1 unspecified atom stereocenters. The monoisotopic (exact) mass is 163 g/mol. The van der Waals surface area contributed by atoms with E-state index in [2.05, 4.69) is 0 Å². The zero-order valence-corrected chi connectivity index (χ0v) is 7.66. The van der Waals surface area contributed by atoms with Crippen molar-refractivity contribution >= 4 is 0 Å². The van der Waals surface area contributed by atoms with Gasteiger partial charge < -0.3 is 4.74 Å². The highest BCUT2D eigenvalue weighted by molar-refractivity contribution is 4.31. The van der Waals surface area contributed by atoms with Crippen molar-refractivity contribution in [3.05, 3.63) is 0 Å². The highest BCUT2D eigenvalue weighted by Crippen LogP contribution is 2.01. The summed E-state index contributed by atoms with van der Waals surface area (Å²) in [5, 5.41) is 1.36. The molecule has 0 heterocycles. The van der Waals surface area contributed by atoms with Gasteiger partial charge in [-0.2, -0.15) is 0 Å². The van der Waals surface area contributed by atoms with Crippen molar-refractivity contribution in [3.63, 3.8) is 0 Å². The molecule has 68 valence electrons.